The minimum absolute atomic E-state index is 0.0905. The van der Waals surface area contributed by atoms with Crippen molar-refractivity contribution in [2.75, 3.05) is 5.43 Å². The van der Waals surface area contributed by atoms with Crippen molar-refractivity contribution in [1.29, 1.82) is 0 Å². The lowest BCUT2D eigenvalue weighted by Gasteiger charge is -2.11. The fourth-order valence-corrected chi connectivity index (χ4v) is 2.37. The Bertz CT molecular complexity index is 670. The van der Waals surface area contributed by atoms with E-state index in [1.54, 1.807) is 6.92 Å². The molecule has 1 aliphatic rings. The smallest absolute Gasteiger partial charge is 0.303 e. The molecule has 21 heavy (non-hydrogen) atoms. The fourth-order valence-electron chi connectivity index (χ4n) is 2.24. The highest BCUT2D eigenvalue weighted by atomic mass is 32.1. The van der Waals surface area contributed by atoms with Gasteiger partial charge >= 0.3 is 5.91 Å². The zero-order valence-electron chi connectivity index (χ0n) is 12.4. The van der Waals surface area contributed by atoms with Crippen LogP contribution < -0.4 is 11.2 Å². The molecule has 0 unspecified atom stereocenters. The maximum absolute atomic E-state index is 12.1. The standard InChI is InChI=1S/C14H17N5OS/c1-7-5-8(2)11(9(3)6-7)16-17-12-10(4)18-19(13(12)20)14(15)21/h5-6,16H,1-4H3,(H2,15,21)/b17-12+. The summed E-state index contributed by atoms with van der Waals surface area (Å²) in [5.41, 5.74) is 13.2. The van der Waals surface area contributed by atoms with Crippen LogP contribution in [0, 0.1) is 20.8 Å². The number of aryl methyl sites for hydroxylation is 3. The van der Waals surface area contributed by atoms with Crippen molar-refractivity contribution in [1.82, 2.24) is 5.01 Å². The molecule has 0 atom stereocenters. The zero-order valence-corrected chi connectivity index (χ0v) is 13.2. The Labute approximate surface area is 128 Å². The van der Waals surface area contributed by atoms with Crippen LogP contribution >= 0.6 is 12.2 Å². The van der Waals surface area contributed by atoms with Crippen LogP contribution in [0.1, 0.15) is 23.6 Å². The minimum atomic E-state index is -0.421. The van der Waals surface area contributed by atoms with Gasteiger partial charge in [0, 0.05) is 0 Å². The van der Waals surface area contributed by atoms with E-state index in [2.05, 4.69) is 15.6 Å². The molecule has 0 radical (unpaired) electrons. The van der Waals surface area contributed by atoms with Gasteiger partial charge in [-0.05, 0) is 51.0 Å². The van der Waals surface area contributed by atoms with Crippen LogP contribution in [0.5, 0.6) is 0 Å². The van der Waals surface area contributed by atoms with E-state index in [0.717, 1.165) is 21.8 Å². The molecule has 3 N–H and O–H groups in total. The van der Waals surface area contributed by atoms with Gasteiger partial charge in [0.1, 0.15) is 0 Å². The van der Waals surface area contributed by atoms with E-state index in [4.69, 9.17) is 18.0 Å². The SMILES string of the molecule is CC1=NN(C(N)=S)C(=O)/C1=N/Nc1c(C)cc(C)cc1C. The molecule has 1 amide bonds. The second-order valence-corrected chi connectivity index (χ2v) is 5.40. The van der Waals surface area contributed by atoms with Gasteiger partial charge in [0.2, 0.25) is 0 Å². The third kappa shape index (κ3) is 2.92. The van der Waals surface area contributed by atoms with Crippen LogP contribution in [0.3, 0.4) is 0 Å². The molecule has 1 aliphatic heterocycles. The normalized spacial score (nSPS) is 16.4. The van der Waals surface area contributed by atoms with Crippen molar-refractivity contribution in [3.8, 4) is 0 Å². The molecule has 0 spiro atoms. The summed E-state index contributed by atoms with van der Waals surface area (Å²) < 4.78 is 0. The van der Waals surface area contributed by atoms with E-state index < -0.39 is 5.91 Å². The number of nitrogens with one attached hydrogen (secondary N) is 1. The van der Waals surface area contributed by atoms with E-state index in [1.807, 2.05) is 32.9 Å². The van der Waals surface area contributed by atoms with E-state index in [-0.39, 0.29) is 10.8 Å². The maximum atomic E-state index is 12.1. The lowest BCUT2D eigenvalue weighted by atomic mass is 10.1. The first-order chi connectivity index (χ1) is 9.81. The second kappa shape index (κ2) is 5.61. The number of hydrogen-bond acceptors (Lipinski definition) is 5. The van der Waals surface area contributed by atoms with Crippen LogP contribution in [-0.4, -0.2) is 27.5 Å². The Morgan fingerprint density at radius 3 is 2.33 bits per heavy atom. The van der Waals surface area contributed by atoms with Crippen LogP contribution in [0.15, 0.2) is 22.3 Å². The molecule has 0 fully saturated rings. The molecule has 6 nitrogen and oxygen atoms in total. The quantitative estimate of drug-likeness (QED) is 0.645. The molecule has 0 aromatic heterocycles. The van der Waals surface area contributed by atoms with Crippen LogP contribution in [0.25, 0.3) is 0 Å². The number of benzene rings is 1. The number of carbonyl (C=O) groups is 1. The monoisotopic (exact) mass is 303 g/mol. The lowest BCUT2D eigenvalue weighted by Crippen LogP contribution is -2.36. The topological polar surface area (TPSA) is 83.1 Å². The summed E-state index contributed by atoms with van der Waals surface area (Å²) in [4.78, 5) is 12.1. The summed E-state index contributed by atoms with van der Waals surface area (Å²) in [7, 11) is 0. The van der Waals surface area contributed by atoms with Gasteiger partial charge in [-0.25, -0.2) is 0 Å². The Hall–Kier alpha value is -2.28. The minimum Gasteiger partial charge on any atom is -0.374 e. The van der Waals surface area contributed by atoms with Crippen molar-refractivity contribution in [3.05, 3.63) is 28.8 Å². The van der Waals surface area contributed by atoms with Gasteiger partial charge in [0.25, 0.3) is 0 Å². The average molecular weight is 303 g/mol. The van der Waals surface area contributed by atoms with Crippen molar-refractivity contribution in [3.63, 3.8) is 0 Å². The van der Waals surface area contributed by atoms with E-state index in [9.17, 15) is 4.79 Å². The van der Waals surface area contributed by atoms with Crippen LogP contribution in [-0.2, 0) is 4.79 Å². The highest BCUT2D eigenvalue weighted by Gasteiger charge is 2.31. The second-order valence-electron chi connectivity index (χ2n) is 4.99. The Morgan fingerprint density at radius 1 is 1.29 bits per heavy atom. The van der Waals surface area contributed by atoms with Crippen molar-refractivity contribution in [2.24, 2.45) is 15.9 Å². The highest BCUT2D eigenvalue weighted by Crippen LogP contribution is 2.22. The molecule has 0 saturated heterocycles. The van der Waals surface area contributed by atoms with Crippen molar-refractivity contribution < 1.29 is 4.79 Å². The summed E-state index contributed by atoms with van der Waals surface area (Å²) in [5, 5.41) is 9.04. The Kier molecular flexibility index (Phi) is 4.04. The number of hydrazone groups is 2. The van der Waals surface area contributed by atoms with E-state index in [1.165, 1.54) is 5.56 Å². The first-order valence-electron chi connectivity index (χ1n) is 6.42. The van der Waals surface area contributed by atoms with Gasteiger partial charge in [-0.1, -0.05) is 17.7 Å². The van der Waals surface area contributed by atoms with Gasteiger partial charge in [0.05, 0.1) is 11.4 Å². The molecule has 1 heterocycles. The molecule has 110 valence electrons. The predicted octanol–water partition coefficient (Wildman–Crippen LogP) is 1.84. The highest BCUT2D eigenvalue weighted by molar-refractivity contribution is 7.80. The number of nitrogens with zero attached hydrogens (tertiary/aromatic N) is 3. The van der Waals surface area contributed by atoms with Gasteiger partial charge < -0.3 is 5.73 Å². The molecule has 0 bridgehead atoms. The van der Waals surface area contributed by atoms with Crippen LogP contribution in [0.2, 0.25) is 0 Å². The molecule has 7 heteroatoms. The molecule has 0 aliphatic carbocycles. The molecule has 0 saturated carbocycles. The summed E-state index contributed by atoms with van der Waals surface area (Å²) in [6.45, 7) is 7.70. The molecule has 1 aromatic rings. The predicted molar refractivity (Wildman–Crippen MR) is 88.5 cm³/mol. The van der Waals surface area contributed by atoms with Crippen LogP contribution in [0.4, 0.5) is 5.69 Å². The third-order valence-electron chi connectivity index (χ3n) is 3.15. The van der Waals surface area contributed by atoms with Gasteiger partial charge in [-0.2, -0.15) is 15.2 Å². The van der Waals surface area contributed by atoms with Crippen molar-refractivity contribution >= 4 is 40.3 Å². The molecule has 2 rings (SSSR count). The number of rotatable bonds is 2. The number of carbonyl (C=O) groups excluding carboxylic acids is 1. The van der Waals surface area contributed by atoms with Gasteiger partial charge in [0.15, 0.2) is 10.8 Å². The number of amides is 1. The molecular weight excluding hydrogens is 286 g/mol. The lowest BCUT2D eigenvalue weighted by molar-refractivity contribution is -0.119. The number of hydrogen-bond donors (Lipinski definition) is 2. The van der Waals surface area contributed by atoms with Gasteiger partial charge in [-0.15, -0.1) is 0 Å². The first-order valence-corrected chi connectivity index (χ1v) is 6.83. The van der Waals surface area contributed by atoms with Gasteiger partial charge in [-0.3, -0.25) is 10.2 Å². The Morgan fingerprint density at radius 2 is 1.86 bits per heavy atom. The molecule has 1 aromatic carbocycles. The number of nitrogens with two attached hydrogens (primary N) is 1. The van der Waals surface area contributed by atoms with Crippen molar-refractivity contribution in [2.45, 2.75) is 27.7 Å². The summed E-state index contributed by atoms with van der Waals surface area (Å²) in [5.74, 6) is -0.421. The largest absolute Gasteiger partial charge is 0.374 e. The third-order valence-corrected chi connectivity index (χ3v) is 3.33. The Balaban J connectivity index is 2.29. The van der Waals surface area contributed by atoms with E-state index in [0.29, 0.717) is 5.71 Å². The summed E-state index contributed by atoms with van der Waals surface area (Å²) in [6.07, 6.45) is 0. The summed E-state index contributed by atoms with van der Waals surface area (Å²) >= 11 is 4.77. The first kappa shape index (κ1) is 15.1. The number of anilines is 1. The zero-order chi connectivity index (χ0) is 15.7. The summed E-state index contributed by atoms with van der Waals surface area (Å²) in [6, 6.07) is 4.10. The fraction of sp³-hybridized carbons (Fsp3) is 0.286. The average Bonchev–Trinajstić information content (AvgIpc) is 2.64. The maximum Gasteiger partial charge on any atom is 0.303 e. The van der Waals surface area contributed by atoms with E-state index >= 15 is 0 Å². The molecular formula is C14H17N5OS. The number of thiocarbonyl (C=S) groups is 1.